The van der Waals surface area contributed by atoms with Crippen LogP contribution in [0.4, 0.5) is 17.6 Å². The van der Waals surface area contributed by atoms with Crippen LogP contribution in [0.5, 0.6) is 5.75 Å². The molecule has 0 aromatic heterocycles. The molecule has 2 aromatic carbocycles. The normalized spacial score (nSPS) is 15.8. The summed E-state index contributed by atoms with van der Waals surface area (Å²) in [6, 6.07) is 7.78. The number of carbonyl (C=O) groups is 3. The van der Waals surface area contributed by atoms with Gasteiger partial charge in [0.1, 0.15) is 17.6 Å². The number of hydrogen-bond donors (Lipinski definition) is 1. The number of rotatable bonds is 9. The summed E-state index contributed by atoms with van der Waals surface area (Å²) in [7, 11) is -1.93. The van der Waals surface area contributed by atoms with E-state index in [-0.39, 0.29) is 31.6 Å². The summed E-state index contributed by atoms with van der Waals surface area (Å²) in [6.45, 7) is 4.62. The van der Waals surface area contributed by atoms with E-state index in [0.29, 0.717) is 21.9 Å². The SMILES string of the molecule is C[Si](C)(C)c1ccc(CC(=O)[C@H]2c3ccc(OCC(F)(F)F)cc3CCN2C(=O)CCC(=O)O)cc1F. The molecular weight excluding hydrogens is 510 g/mol. The van der Waals surface area contributed by atoms with Crippen molar-refractivity contribution in [1.29, 1.82) is 0 Å². The van der Waals surface area contributed by atoms with Crippen molar-refractivity contribution in [2.45, 2.75) is 57.5 Å². The number of ketones is 1. The fraction of sp³-hybridized carbons (Fsp3) is 0.423. The lowest BCUT2D eigenvalue weighted by molar-refractivity contribution is -0.153. The summed E-state index contributed by atoms with van der Waals surface area (Å²) in [4.78, 5) is 38.7. The molecule has 0 aliphatic carbocycles. The van der Waals surface area contributed by atoms with Crippen LogP contribution in [0.15, 0.2) is 36.4 Å². The number of nitrogens with zero attached hydrogens (tertiary/aromatic N) is 1. The number of carboxylic acids is 1. The fourth-order valence-electron chi connectivity index (χ4n) is 4.41. The number of Topliss-reactive ketones (excluding diaryl/α,β-unsaturated/α-hetero) is 1. The van der Waals surface area contributed by atoms with Crippen molar-refractivity contribution in [1.82, 2.24) is 4.90 Å². The van der Waals surface area contributed by atoms with Gasteiger partial charge in [-0.1, -0.05) is 37.8 Å². The van der Waals surface area contributed by atoms with Crippen molar-refractivity contribution >= 4 is 30.9 Å². The maximum absolute atomic E-state index is 14.8. The number of benzene rings is 2. The van der Waals surface area contributed by atoms with E-state index in [0.717, 1.165) is 0 Å². The summed E-state index contributed by atoms with van der Waals surface area (Å²) in [6.07, 6.45) is -5.15. The molecule has 1 heterocycles. The molecule has 11 heteroatoms. The van der Waals surface area contributed by atoms with Gasteiger partial charge in [0.15, 0.2) is 12.4 Å². The van der Waals surface area contributed by atoms with Crippen LogP contribution in [0.2, 0.25) is 19.6 Å². The zero-order chi connectivity index (χ0) is 27.5. The molecule has 1 aliphatic heterocycles. The van der Waals surface area contributed by atoms with Crippen molar-refractivity contribution in [2.24, 2.45) is 0 Å². The highest BCUT2D eigenvalue weighted by atomic mass is 28.3. The molecule has 3 rings (SSSR count). The van der Waals surface area contributed by atoms with E-state index in [1.165, 1.54) is 29.2 Å². The van der Waals surface area contributed by atoms with Crippen molar-refractivity contribution in [3.63, 3.8) is 0 Å². The van der Waals surface area contributed by atoms with Gasteiger partial charge in [0.2, 0.25) is 5.91 Å². The Morgan fingerprint density at radius 1 is 1.08 bits per heavy atom. The molecule has 1 aliphatic rings. The number of halogens is 4. The average Bonchev–Trinajstić information content (AvgIpc) is 2.78. The Labute approximate surface area is 213 Å². The van der Waals surface area contributed by atoms with Gasteiger partial charge in [-0.05, 0) is 46.5 Å². The van der Waals surface area contributed by atoms with Gasteiger partial charge in [-0.25, -0.2) is 4.39 Å². The maximum atomic E-state index is 14.8. The molecule has 0 saturated carbocycles. The molecule has 0 radical (unpaired) electrons. The van der Waals surface area contributed by atoms with Gasteiger partial charge in [-0.2, -0.15) is 13.2 Å². The smallest absolute Gasteiger partial charge is 0.422 e. The Bertz CT molecular complexity index is 1190. The average molecular weight is 540 g/mol. The van der Waals surface area contributed by atoms with Crippen LogP contribution in [0.3, 0.4) is 0 Å². The lowest BCUT2D eigenvalue weighted by atomic mass is 9.87. The van der Waals surface area contributed by atoms with E-state index in [4.69, 9.17) is 9.84 Å². The van der Waals surface area contributed by atoms with Gasteiger partial charge in [0.25, 0.3) is 0 Å². The monoisotopic (exact) mass is 539 g/mol. The fourth-order valence-corrected chi connectivity index (χ4v) is 5.78. The zero-order valence-corrected chi connectivity index (χ0v) is 21.8. The first kappa shape index (κ1) is 28.4. The number of fused-ring (bicyclic) bond motifs is 1. The minimum Gasteiger partial charge on any atom is -0.484 e. The first-order valence-electron chi connectivity index (χ1n) is 11.8. The van der Waals surface area contributed by atoms with Crippen LogP contribution in [-0.2, 0) is 27.2 Å². The summed E-state index contributed by atoms with van der Waals surface area (Å²) >= 11 is 0. The lowest BCUT2D eigenvalue weighted by Gasteiger charge is -2.37. The van der Waals surface area contributed by atoms with E-state index >= 15 is 0 Å². The van der Waals surface area contributed by atoms with Gasteiger partial charge in [0, 0.05) is 19.4 Å². The summed E-state index contributed by atoms with van der Waals surface area (Å²) in [5.74, 6) is -2.50. The molecule has 0 fully saturated rings. The highest BCUT2D eigenvalue weighted by Crippen LogP contribution is 2.35. The van der Waals surface area contributed by atoms with Crippen molar-refractivity contribution in [3.8, 4) is 5.75 Å². The summed E-state index contributed by atoms with van der Waals surface area (Å²) in [5, 5.41) is 9.60. The number of carboxylic acid groups (broad SMARTS) is 1. The van der Waals surface area contributed by atoms with Gasteiger partial charge in [-0.3, -0.25) is 14.4 Å². The number of aliphatic carboxylic acids is 1. The molecule has 37 heavy (non-hydrogen) atoms. The molecule has 1 atom stereocenters. The van der Waals surface area contributed by atoms with E-state index in [1.54, 1.807) is 12.1 Å². The van der Waals surface area contributed by atoms with Gasteiger partial charge in [-0.15, -0.1) is 0 Å². The van der Waals surface area contributed by atoms with Crippen LogP contribution in [0.1, 0.15) is 35.6 Å². The van der Waals surface area contributed by atoms with Gasteiger partial charge >= 0.3 is 12.1 Å². The number of amides is 1. The quantitative estimate of drug-likeness (QED) is 0.377. The molecular formula is C26H29F4NO5Si. The Hall–Kier alpha value is -3.21. The molecule has 200 valence electrons. The topological polar surface area (TPSA) is 83.9 Å². The molecule has 0 spiro atoms. The Morgan fingerprint density at radius 3 is 2.38 bits per heavy atom. The largest absolute Gasteiger partial charge is 0.484 e. The number of alkyl halides is 3. The van der Waals surface area contributed by atoms with Crippen molar-refractivity contribution in [3.05, 3.63) is 58.9 Å². The molecule has 1 N–H and O–H groups in total. The third kappa shape index (κ3) is 7.40. The van der Waals surface area contributed by atoms with E-state index < -0.39 is 56.8 Å². The summed E-state index contributed by atoms with van der Waals surface area (Å²) in [5.41, 5.74) is 1.42. The zero-order valence-electron chi connectivity index (χ0n) is 20.8. The molecule has 6 nitrogen and oxygen atoms in total. The second-order valence-corrected chi connectivity index (χ2v) is 15.1. The van der Waals surface area contributed by atoms with E-state index in [1.807, 2.05) is 19.6 Å². The standard InChI is InChI=1S/C26H29F4NO5Si/c1-37(2,3)22-7-4-16(12-20(22)27)13-21(32)25-19-6-5-18(36-15-26(28,29)30)14-17(19)10-11-31(25)23(33)8-9-24(34)35/h4-7,12,14,25H,8-11,13,15H2,1-3H3,(H,34,35)/t25-/m1/s1. The van der Waals surface area contributed by atoms with E-state index in [2.05, 4.69) is 0 Å². The van der Waals surface area contributed by atoms with Crippen LogP contribution in [-0.4, -0.2) is 55.1 Å². The highest BCUT2D eigenvalue weighted by Gasteiger charge is 2.36. The predicted molar refractivity (Wildman–Crippen MR) is 131 cm³/mol. The van der Waals surface area contributed by atoms with Gasteiger partial charge in [0.05, 0.1) is 14.5 Å². The van der Waals surface area contributed by atoms with Crippen molar-refractivity contribution in [2.75, 3.05) is 13.2 Å². The molecule has 1 amide bonds. The molecule has 0 saturated heterocycles. The minimum atomic E-state index is -4.51. The Kier molecular flexibility index (Phi) is 8.46. The molecule has 0 bridgehead atoms. The Balaban J connectivity index is 1.92. The number of ether oxygens (including phenoxy) is 1. The van der Waals surface area contributed by atoms with Crippen molar-refractivity contribution < 1.29 is 41.8 Å². The lowest BCUT2D eigenvalue weighted by Crippen LogP contribution is -2.44. The van der Waals surface area contributed by atoms with Gasteiger partial charge < -0.3 is 14.7 Å². The summed E-state index contributed by atoms with van der Waals surface area (Å²) < 4.78 is 57.3. The predicted octanol–water partition coefficient (Wildman–Crippen LogP) is 4.41. The first-order chi connectivity index (χ1) is 17.2. The second kappa shape index (κ2) is 11.0. The molecule has 2 aromatic rings. The Morgan fingerprint density at radius 2 is 1.78 bits per heavy atom. The minimum absolute atomic E-state index is 0.0167. The second-order valence-electron chi connectivity index (χ2n) is 10.1. The van der Waals surface area contributed by atoms with Crippen LogP contribution in [0, 0.1) is 5.82 Å². The third-order valence-corrected chi connectivity index (χ3v) is 8.16. The van der Waals surface area contributed by atoms with Crippen LogP contribution >= 0.6 is 0 Å². The van der Waals surface area contributed by atoms with E-state index in [9.17, 15) is 31.9 Å². The maximum Gasteiger partial charge on any atom is 0.422 e. The highest BCUT2D eigenvalue weighted by molar-refractivity contribution is 6.88. The third-order valence-electron chi connectivity index (χ3n) is 6.14. The molecule has 0 unspecified atom stereocenters. The van der Waals surface area contributed by atoms with Crippen LogP contribution in [0.25, 0.3) is 0 Å². The first-order valence-corrected chi connectivity index (χ1v) is 15.3. The van der Waals surface area contributed by atoms with Crippen LogP contribution < -0.4 is 9.92 Å². The number of hydrogen-bond acceptors (Lipinski definition) is 4. The number of carbonyl (C=O) groups excluding carboxylic acids is 2.